The summed E-state index contributed by atoms with van der Waals surface area (Å²) in [6, 6.07) is 13.3. The van der Waals surface area contributed by atoms with Gasteiger partial charge >= 0.3 is 0 Å². The third kappa shape index (κ3) is 5.61. The van der Waals surface area contributed by atoms with Gasteiger partial charge in [0.25, 0.3) is 11.5 Å². The molecule has 0 aliphatic carbocycles. The normalized spacial score (nSPS) is 14.8. The molecule has 2 N–H and O–H groups in total. The van der Waals surface area contributed by atoms with E-state index in [0.29, 0.717) is 36.0 Å². The van der Waals surface area contributed by atoms with E-state index in [1.807, 2.05) is 41.8 Å². The number of thiophene rings is 1. The minimum Gasteiger partial charge on any atom is -0.497 e. The van der Waals surface area contributed by atoms with E-state index in [-0.39, 0.29) is 11.5 Å². The largest absolute Gasteiger partial charge is 0.497 e. The van der Waals surface area contributed by atoms with E-state index < -0.39 is 0 Å². The van der Waals surface area contributed by atoms with Crippen LogP contribution in [0.2, 0.25) is 0 Å². The molecule has 5 rings (SSSR count). The Morgan fingerprint density at radius 1 is 1.19 bits per heavy atom. The lowest BCUT2D eigenvalue weighted by atomic mass is 10.0. The summed E-state index contributed by atoms with van der Waals surface area (Å²) >= 11 is 1.64. The molecule has 4 aromatic rings. The third-order valence-electron chi connectivity index (χ3n) is 6.91. The highest BCUT2D eigenvalue weighted by Crippen LogP contribution is 2.25. The molecule has 1 aliphatic rings. The summed E-state index contributed by atoms with van der Waals surface area (Å²) in [6.07, 6.45) is 2.05. The number of carbonyl (C=O) groups is 1. The number of pyridine rings is 1. The van der Waals surface area contributed by atoms with Crippen molar-refractivity contribution in [3.63, 3.8) is 0 Å². The Morgan fingerprint density at radius 3 is 2.76 bits per heavy atom. The van der Waals surface area contributed by atoms with Crippen molar-refractivity contribution in [3.05, 3.63) is 69.5 Å². The van der Waals surface area contributed by atoms with E-state index in [0.717, 1.165) is 54.2 Å². The van der Waals surface area contributed by atoms with Crippen LogP contribution in [-0.4, -0.2) is 60.4 Å². The Labute approximate surface area is 219 Å². The molecule has 37 heavy (non-hydrogen) atoms. The van der Waals surface area contributed by atoms with Gasteiger partial charge < -0.3 is 29.4 Å². The molecule has 4 heterocycles. The fourth-order valence-electron chi connectivity index (χ4n) is 4.82. The van der Waals surface area contributed by atoms with E-state index in [9.17, 15) is 9.59 Å². The van der Waals surface area contributed by atoms with Gasteiger partial charge in [0.05, 0.1) is 28.8 Å². The lowest BCUT2D eigenvalue weighted by Crippen LogP contribution is -2.43. The number of amides is 1. The fraction of sp³-hybridized carbons (Fsp3) is 0.370. The second-order valence-electron chi connectivity index (χ2n) is 9.17. The summed E-state index contributed by atoms with van der Waals surface area (Å²) in [5.41, 5.74) is 1.80. The highest BCUT2D eigenvalue weighted by molar-refractivity contribution is 7.13. The van der Waals surface area contributed by atoms with Crippen molar-refractivity contribution in [2.24, 2.45) is 0 Å². The highest BCUT2D eigenvalue weighted by atomic mass is 32.1. The van der Waals surface area contributed by atoms with Crippen LogP contribution in [0.25, 0.3) is 21.5 Å². The first kappa shape index (κ1) is 25.2. The predicted octanol–water partition coefficient (Wildman–Crippen LogP) is 3.34. The third-order valence-corrected chi connectivity index (χ3v) is 7.80. The monoisotopic (exact) mass is 521 g/mol. The van der Waals surface area contributed by atoms with Gasteiger partial charge in [0.2, 0.25) is 0 Å². The molecule has 3 aromatic heterocycles. The topological polar surface area (TPSA) is 102 Å². The molecule has 194 valence electrons. The SMILES string of the molecule is CNC(=O)c1cc(=O)n(CCN2CCC(NCc3cc(-c4cccs4)on3)CC2)c2cc(OC)ccc12. The maximum atomic E-state index is 13.0. The first-order chi connectivity index (χ1) is 18.1. The molecular formula is C27H31N5O4S. The van der Waals surface area contributed by atoms with E-state index in [4.69, 9.17) is 9.26 Å². The van der Waals surface area contributed by atoms with E-state index >= 15 is 0 Å². The standard InChI is InChI=1S/C27H31N5O4S/c1-28-27(34)22-16-26(33)32(23-15-20(35-2)5-6-21(22)23)12-11-31-9-7-18(8-10-31)29-17-19-14-24(36-30-19)25-4-3-13-37-25/h3-6,13-16,18,29H,7-12,17H2,1-2H3,(H,28,34). The Kier molecular flexibility index (Phi) is 7.68. The first-order valence-electron chi connectivity index (χ1n) is 12.4. The smallest absolute Gasteiger partial charge is 0.251 e. The Balaban J connectivity index is 1.18. The van der Waals surface area contributed by atoms with Crippen LogP contribution in [0.1, 0.15) is 28.9 Å². The van der Waals surface area contributed by atoms with E-state index in [2.05, 4.69) is 20.7 Å². The molecule has 1 saturated heterocycles. The van der Waals surface area contributed by atoms with Gasteiger partial charge in [-0.3, -0.25) is 9.59 Å². The number of methoxy groups -OCH3 is 1. The van der Waals surface area contributed by atoms with Gasteiger partial charge in [0.1, 0.15) is 5.75 Å². The number of likely N-dealkylation sites (tertiary alicyclic amines) is 1. The van der Waals surface area contributed by atoms with Crippen LogP contribution in [0, 0.1) is 0 Å². The zero-order chi connectivity index (χ0) is 25.8. The summed E-state index contributed by atoms with van der Waals surface area (Å²) in [7, 11) is 3.16. The molecule has 0 saturated carbocycles. The quantitative estimate of drug-likeness (QED) is 0.348. The second kappa shape index (κ2) is 11.3. The number of hydrogen-bond donors (Lipinski definition) is 2. The lowest BCUT2D eigenvalue weighted by molar-refractivity contribution is 0.0964. The maximum absolute atomic E-state index is 13.0. The average Bonchev–Trinajstić information content (AvgIpc) is 3.63. The Morgan fingerprint density at radius 2 is 2.03 bits per heavy atom. The number of benzene rings is 1. The van der Waals surface area contributed by atoms with E-state index in [1.54, 1.807) is 30.1 Å². The van der Waals surface area contributed by atoms with Crippen LogP contribution >= 0.6 is 11.3 Å². The van der Waals surface area contributed by atoms with Crippen LogP contribution in [0.4, 0.5) is 0 Å². The minimum absolute atomic E-state index is 0.189. The molecule has 1 aliphatic heterocycles. The van der Waals surface area contributed by atoms with Crippen LogP contribution in [0.5, 0.6) is 5.75 Å². The van der Waals surface area contributed by atoms with Crippen molar-refractivity contribution in [1.29, 1.82) is 0 Å². The van der Waals surface area contributed by atoms with Crippen LogP contribution in [-0.2, 0) is 13.1 Å². The zero-order valence-corrected chi connectivity index (χ0v) is 21.8. The Bertz CT molecular complexity index is 1420. The molecule has 0 unspecified atom stereocenters. The Hall–Kier alpha value is -3.47. The molecule has 10 heteroatoms. The summed E-state index contributed by atoms with van der Waals surface area (Å²) in [5, 5.41) is 13.2. The van der Waals surface area contributed by atoms with Crippen molar-refractivity contribution >= 4 is 28.1 Å². The predicted molar refractivity (Wildman–Crippen MR) is 144 cm³/mol. The van der Waals surface area contributed by atoms with Crippen molar-refractivity contribution in [2.45, 2.75) is 32.0 Å². The molecule has 0 spiro atoms. The summed E-state index contributed by atoms with van der Waals surface area (Å²) in [5.74, 6) is 1.18. The summed E-state index contributed by atoms with van der Waals surface area (Å²) in [6.45, 7) is 3.87. The highest BCUT2D eigenvalue weighted by Gasteiger charge is 2.20. The van der Waals surface area contributed by atoms with Gasteiger partial charge in [-0.1, -0.05) is 11.2 Å². The lowest BCUT2D eigenvalue weighted by Gasteiger charge is -2.32. The molecule has 1 aromatic carbocycles. The average molecular weight is 522 g/mol. The van der Waals surface area contributed by atoms with Crippen LogP contribution < -0.4 is 20.9 Å². The number of ether oxygens (including phenoxy) is 1. The minimum atomic E-state index is -0.276. The first-order valence-corrected chi connectivity index (χ1v) is 13.3. The number of fused-ring (bicyclic) bond motifs is 1. The number of nitrogens with one attached hydrogen (secondary N) is 2. The molecule has 0 radical (unpaired) electrons. The number of hydrogen-bond acceptors (Lipinski definition) is 8. The van der Waals surface area contributed by atoms with Gasteiger partial charge in [-0.25, -0.2) is 0 Å². The van der Waals surface area contributed by atoms with Gasteiger partial charge in [-0.2, -0.15) is 0 Å². The van der Waals surface area contributed by atoms with Crippen molar-refractivity contribution < 1.29 is 14.1 Å². The molecule has 0 atom stereocenters. The molecular weight excluding hydrogens is 490 g/mol. The van der Waals surface area contributed by atoms with Gasteiger partial charge in [0.15, 0.2) is 5.76 Å². The summed E-state index contributed by atoms with van der Waals surface area (Å²) < 4.78 is 12.6. The van der Waals surface area contributed by atoms with Crippen molar-refractivity contribution in [1.82, 2.24) is 25.3 Å². The number of piperidine rings is 1. The number of carbonyl (C=O) groups excluding carboxylic acids is 1. The molecule has 0 bridgehead atoms. The number of nitrogens with zero attached hydrogens (tertiary/aromatic N) is 3. The summed E-state index contributed by atoms with van der Waals surface area (Å²) in [4.78, 5) is 28.8. The number of rotatable bonds is 9. The second-order valence-corrected chi connectivity index (χ2v) is 10.1. The van der Waals surface area contributed by atoms with Gasteiger partial charge in [-0.05, 0) is 49.5 Å². The van der Waals surface area contributed by atoms with Gasteiger partial charge in [0, 0.05) is 56.3 Å². The van der Waals surface area contributed by atoms with E-state index in [1.165, 1.54) is 6.07 Å². The molecule has 1 fully saturated rings. The van der Waals surface area contributed by atoms with Crippen molar-refractivity contribution in [3.8, 4) is 16.4 Å². The van der Waals surface area contributed by atoms with Crippen LogP contribution in [0.15, 0.2) is 57.2 Å². The maximum Gasteiger partial charge on any atom is 0.251 e. The van der Waals surface area contributed by atoms with Crippen LogP contribution in [0.3, 0.4) is 0 Å². The van der Waals surface area contributed by atoms with Crippen molar-refractivity contribution in [2.75, 3.05) is 33.8 Å². The zero-order valence-electron chi connectivity index (χ0n) is 21.0. The van der Waals surface area contributed by atoms with Gasteiger partial charge in [-0.15, -0.1) is 11.3 Å². The fourth-order valence-corrected chi connectivity index (χ4v) is 5.49. The molecule has 1 amide bonds. The number of aromatic nitrogens is 2. The molecule has 9 nitrogen and oxygen atoms in total.